The summed E-state index contributed by atoms with van der Waals surface area (Å²) in [5.41, 5.74) is 1.74. The Morgan fingerprint density at radius 3 is 2.55 bits per heavy atom. The summed E-state index contributed by atoms with van der Waals surface area (Å²) < 4.78 is 46.3. The van der Waals surface area contributed by atoms with Crippen molar-refractivity contribution in [3.05, 3.63) is 52.6 Å². The van der Waals surface area contributed by atoms with Gasteiger partial charge in [-0.25, -0.2) is 17.8 Å². The molecule has 0 unspecified atom stereocenters. The number of sulfonamides is 1. The summed E-state index contributed by atoms with van der Waals surface area (Å²) in [6.07, 6.45) is 0. The second-order valence-electron chi connectivity index (χ2n) is 6.96. The molecule has 1 aromatic carbocycles. The quantitative estimate of drug-likeness (QED) is 0.612. The molecule has 0 atom stereocenters. The molecule has 0 aliphatic carbocycles. The van der Waals surface area contributed by atoms with Crippen molar-refractivity contribution in [2.75, 3.05) is 26.2 Å². The van der Waals surface area contributed by atoms with Crippen molar-refractivity contribution < 1.29 is 17.3 Å². The van der Waals surface area contributed by atoms with Gasteiger partial charge in [-0.15, -0.1) is 11.3 Å². The number of piperazine rings is 1. The fourth-order valence-electron chi connectivity index (χ4n) is 3.47. The monoisotopic (exact) mass is 436 g/mol. The summed E-state index contributed by atoms with van der Waals surface area (Å²) in [7, 11) is -3.62. The van der Waals surface area contributed by atoms with Gasteiger partial charge in [0.15, 0.2) is 5.76 Å². The first kappa shape index (κ1) is 20.1. The Morgan fingerprint density at radius 2 is 1.90 bits per heavy atom. The summed E-state index contributed by atoms with van der Waals surface area (Å²) in [5, 5.41) is 6.33. The first-order valence-electron chi connectivity index (χ1n) is 9.21. The lowest BCUT2D eigenvalue weighted by molar-refractivity contribution is 0.180. The van der Waals surface area contributed by atoms with Crippen LogP contribution in [0, 0.1) is 19.7 Å². The van der Waals surface area contributed by atoms with E-state index in [4.69, 9.17) is 4.52 Å². The van der Waals surface area contributed by atoms with E-state index >= 15 is 0 Å². The molecule has 0 bridgehead atoms. The molecule has 0 radical (unpaired) electrons. The van der Waals surface area contributed by atoms with Crippen LogP contribution in [0.15, 0.2) is 39.1 Å². The van der Waals surface area contributed by atoms with E-state index in [1.54, 1.807) is 32.0 Å². The fraction of sp³-hybridized carbons (Fsp3) is 0.368. The van der Waals surface area contributed by atoms with Crippen LogP contribution in [0.5, 0.6) is 0 Å². The van der Waals surface area contributed by atoms with Crippen molar-refractivity contribution in [1.29, 1.82) is 0 Å². The van der Waals surface area contributed by atoms with Gasteiger partial charge < -0.3 is 4.52 Å². The molecule has 1 fully saturated rings. The molecule has 4 rings (SSSR count). The number of rotatable bonds is 5. The molecule has 0 spiro atoms. The lowest BCUT2D eigenvalue weighted by Gasteiger charge is -2.33. The molecule has 7 nitrogen and oxygen atoms in total. The number of thiazole rings is 1. The SMILES string of the molecule is Cc1noc(C)c1S(=O)(=O)N1CCN(Cc2csc(-c3ccccc3F)n2)CC1. The van der Waals surface area contributed by atoms with Crippen LogP contribution in [0.25, 0.3) is 10.6 Å². The molecule has 0 N–H and O–H groups in total. The molecule has 154 valence electrons. The minimum absolute atomic E-state index is 0.167. The molecule has 3 heterocycles. The summed E-state index contributed by atoms with van der Waals surface area (Å²) in [6, 6.07) is 6.59. The highest BCUT2D eigenvalue weighted by atomic mass is 32.2. The third-order valence-electron chi connectivity index (χ3n) is 4.94. The first-order valence-corrected chi connectivity index (χ1v) is 11.5. The number of hydrogen-bond acceptors (Lipinski definition) is 7. The summed E-state index contributed by atoms with van der Waals surface area (Å²) >= 11 is 1.41. The molecule has 0 saturated carbocycles. The lowest BCUT2D eigenvalue weighted by atomic mass is 10.2. The van der Waals surface area contributed by atoms with E-state index in [1.807, 2.05) is 5.38 Å². The number of halogens is 1. The predicted molar refractivity (Wildman–Crippen MR) is 108 cm³/mol. The lowest BCUT2D eigenvalue weighted by Crippen LogP contribution is -2.48. The van der Waals surface area contributed by atoms with Gasteiger partial charge in [-0.1, -0.05) is 17.3 Å². The largest absolute Gasteiger partial charge is 0.360 e. The number of nitrogens with zero attached hydrogens (tertiary/aromatic N) is 4. The third-order valence-corrected chi connectivity index (χ3v) is 8.01. The van der Waals surface area contributed by atoms with E-state index in [0.717, 1.165) is 5.69 Å². The van der Waals surface area contributed by atoms with Crippen LogP contribution in [-0.4, -0.2) is 53.9 Å². The summed E-state index contributed by atoms with van der Waals surface area (Å²) in [4.78, 5) is 6.87. The smallest absolute Gasteiger partial charge is 0.248 e. The zero-order valence-corrected chi connectivity index (χ0v) is 17.8. The topological polar surface area (TPSA) is 79.5 Å². The standard InChI is InChI=1S/C19H21FN4O3S2/c1-13-18(14(2)27-22-13)29(25,26)24-9-7-23(8-10-24)11-15-12-28-19(21-15)16-5-3-4-6-17(16)20/h3-6,12H,7-11H2,1-2H3. The van der Waals surface area contributed by atoms with Gasteiger partial charge in [-0.2, -0.15) is 4.31 Å². The van der Waals surface area contributed by atoms with E-state index in [0.29, 0.717) is 54.7 Å². The maximum atomic E-state index is 14.0. The van der Waals surface area contributed by atoms with Crippen LogP contribution in [0.3, 0.4) is 0 Å². The van der Waals surface area contributed by atoms with Crippen molar-refractivity contribution in [3.63, 3.8) is 0 Å². The highest BCUT2D eigenvalue weighted by Gasteiger charge is 2.33. The molecular formula is C19H21FN4O3S2. The van der Waals surface area contributed by atoms with Crippen LogP contribution >= 0.6 is 11.3 Å². The van der Waals surface area contributed by atoms with Crippen LogP contribution in [-0.2, 0) is 16.6 Å². The molecule has 1 aliphatic rings. The minimum Gasteiger partial charge on any atom is -0.360 e. The molecule has 29 heavy (non-hydrogen) atoms. The van der Waals surface area contributed by atoms with Crippen molar-refractivity contribution >= 4 is 21.4 Å². The van der Waals surface area contributed by atoms with E-state index < -0.39 is 10.0 Å². The van der Waals surface area contributed by atoms with Gasteiger partial charge in [0, 0.05) is 43.7 Å². The zero-order valence-electron chi connectivity index (χ0n) is 16.1. The Bertz CT molecular complexity index is 1100. The zero-order chi connectivity index (χ0) is 20.6. The van der Waals surface area contributed by atoms with Crippen molar-refractivity contribution in [2.45, 2.75) is 25.3 Å². The van der Waals surface area contributed by atoms with Gasteiger partial charge in [0.05, 0.1) is 5.69 Å². The second kappa shape index (κ2) is 7.94. The summed E-state index contributed by atoms with van der Waals surface area (Å²) in [6.45, 7) is 5.80. The Kier molecular flexibility index (Phi) is 5.52. The number of hydrogen-bond donors (Lipinski definition) is 0. The van der Waals surface area contributed by atoms with Crippen LogP contribution < -0.4 is 0 Å². The number of aromatic nitrogens is 2. The third kappa shape index (κ3) is 3.97. The first-order chi connectivity index (χ1) is 13.9. The molecule has 0 amide bonds. The van der Waals surface area contributed by atoms with E-state index in [1.165, 1.54) is 21.7 Å². The molecule has 3 aromatic rings. The Morgan fingerprint density at radius 1 is 1.17 bits per heavy atom. The van der Waals surface area contributed by atoms with Crippen LogP contribution in [0.2, 0.25) is 0 Å². The van der Waals surface area contributed by atoms with Crippen molar-refractivity contribution in [3.8, 4) is 10.6 Å². The molecule has 2 aromatic heterocycles. The van der Waals surface area contributed by atoms with Gasteiger partial charge in [0.1, 0.15) is 21.4 Å². The van der Waals surface area contributed by atoms with E-state index in [2.05, 4.69) is 15.0 Å². The van der Waals surface area contributed by atoms with Gasteiger partial charge >= 0.3 is 0 Å². The van der Waals surface area contributed by atoms with Gasteiger partial charge in [0.2, 0.25) is 10.0 Å². The maximum Gasteiger partial charge on any atom is 0.248 e. The van der Waals surface area contributed by atoms with Gasteiger partial charge in [-0.05, 0) is 26.0 Å². The van der Waals surface area contributed by atoms with E-state index in [-0.39, 0.29) is 10.7 Å². The highest BCUT2D eigenvalue weighted by molar-refractivity contribution is 7.89. The highest BCUT2D eigenvalue weighted by Crippen LogP contribution is 2.27. The number of aryl methyl sites for hydroxylation is 2. The minimum atomic E-state index is -3.62. The molecule has 1 aliphatic heterocycles. The molecule has 10 heteroatoms. The van der Waals surface area contributed by atoms with Crippen molar-refractivity contribution in [1.82, 2.24) is 19.3 Å². The van der Waals surface area contributed by atoms with Crippen LogP contribution in [0.4, 0.5) is 4.39 Å². The van der Waals surface area contributed by atoms with E-state index in [9.17, 15) is 12.8 Å². The predicted octanol–water partition coefficient (Wildman–Crippen LogP) is 3.06. The Balaban J connectivity index is 1.40. The average molecular weight is 437 g/mol. The Labute approximate surface area is 172 Å². The second-order valence-corrected chi connectivity index (χ2v) is 9.69. The van der Waals surface area contributed by atoms with Gasteiger partial charge in [0.25, 0.3) is 0 Å². The normalized spacial score (nSPS) is 16.4. The summed E-state index contributed by atoms with van der Waals surface area (Å²) in [5.74, 6) is 0.0274. The number of benzene rings is 1. The maximum absolute atomic E-state index is 14.0. The van der Waals surface area contributed by atoms with Crippen LogP contribution in [0.1, 0.15) is 17.1 Å². The average Bonchev–Trinajstić information content (AvgIpc) is 3.29. The van der Waals surface area contributed by atoms with Crippen molar-refractivity contribution in [2.24, 2.45) is 0 Å². The molecule has 1 saturated heterocycles. The Hall–Kier alpha value is -2.14. The molecular weight excluding hydrogens is 415 g/mol. The fourth-order valence-corrected chi connectivity index (χ4v) is 6.02. The van der Waals surface area contributed by atoms with Gasteiger partial charge in [-0.3, -0.25) is 4.90 Å².